The molecule has 3 aromatic rings. The average Bonchev–Trinajstić information content (AvgIpc) is 3.13. The number of carbonyl (C=O) groups excluding carboxylic acids is 2. The number of fused-ring (bicyclic) bond motifs is 1. The summed E-state index contributed by atoms with van der Waals surface area (Å²) >= 11 is 0. The van der Waals surface area contributed by atoms with Gasteiger partial charge >= 0.3 is 0 Å². The van der Waals surface area contributed by atoms with E-state index < -0.39 is 16.1 Å². The van der Waals surface area contributed by atoms with Crippen LogP contribution in [0, 0.1) is 0 Å². The van der Waals surface area contributed by atoms with Crippen LogP contribution >= 0.6 is 0 Å². The van der Waals surface area contributed by atoms with Gasteiger partial charge in [-0.15, -0.1) is 0 Å². The summed E-state index contributed by atoms with van der Waals surface area (Å²) in [6.45, 7) is 1.61. The second kappa shape index (κ2) is 8.12. The number of hydrogen-bond donors (Lipinski definition) is 1. The van der Waals surface area contributed by atoms with Crippen molar-refractivity contribution in [1.29, 1.82) is 0 Å². The van der Waals surface area contributed by atoms with Crippen molar-refractivity contribution in [3.8, 4) is 0 Å². The third-order valence-electron chi connectivity index (χ3n) is 6.38. The number of amides is 2. The van der Waals surface area contributed by atoms with E-state index in [-0.39, 0.29) is 23.1 Å². The van der Waals surface area contributed by atoms with Gasteiger partial charge in [0.1, 0.15) is 0 Å². The zero-order chi connectivity index (χ0) is 22.3. The third kappa shape index (κ3) is 3.60. The number of imide groups is 1. The second-order valence-electron chi connectivity index (χ2n) is 8.23. The fourth-order valence-corrected chi connectivity index (χ4v) is 6.10. The first-order valence-electron chi connectivity index (χ1n) is 10.7. The Labute approximate surface area is 186 Å². The SMILES string of the molecule is O=C1C[C@@H]([NH+]2CCN(S(=O)(=O)c3ccccc3)CC2)C(=O)N1c1ccc2ccccc2c1. The summed E-state index contributed by atoms with van der Waals surface area (Å²) in [5, 5.41) is 2.02. The molecule has 2 saturated heterocycles. The molecule has 0 bridgehead atoms. The molecule has 8 heteroatoms. The molecule has 32 heavy (non-hydrogen) atoms. The van der Waals surface area contributed by atoms with Crippen LogP contribution in [0.15, 0.2) is 77.7 Å². The molecule has 2 aliphatic heterocycles. The molecule has 7 nitrogen and oxygen atoms in total. The fraction of sp³-hybridized carbons (Fsp3) is 0.250. The first kappa shape index (κ1) is 20.8. The van der Waals surface area contributed by atoms with E-state index in [0.717, 1.165) is 15.7 Å². The monoisotopic (exact) mass is 450 g/mol. The summed E-state index contributed by atoms with van der Waals surface area (Å²) in [4.78, 5) is 28.5. The van der Waals surface area contributed by atoms with Crippen molar-refractivity contribution in [3.63, 3.8) is 0 Å². The lowest BCUT2D eigenvalue weighted by molar-refractivity contribution is -0.918. The van der Waals surface area contributed by atoms with E-state index in [9.17, 15) is 18.0 Å². The van der Waals surface area contributed by atoms with Gasteiger partial charge in [0, 0.05) is 0 Å². The van der Waals surface area contributed by atoms with Crippen molar-refractivity contribution in [1.82, 2.24) is 4.31 Å². The van der Waals surface area contributed by atoms with Crippen molar-refractivity contribution in [2.75, 3.05) is 31.1 Å². The number of sulfonamides is 1. The molecule has 3 aromatic carbocycles. The van der Waals surface area contributed by atoms with E-state index in [1.165, 1.54) is 9.21 Å². The van der Waals surface area contributed by atoms with E-state index in [2.05, 4.69) is 0 Å². The lowest BCUT2D eigenvalue weighted by atomic mass is 10.1. The Hall–Kier alpha value is -3.07. The number of nitrogens with zero attached hydrogens (tertiary/aromatic N) is 2. The second-order valence-corrected chi connectivity index (χ2v) is 10.2. The maximum Gasteiger partial charge on any atom is 0.292 e. The highest BCUT2D eigenvalue weighted by molar-refractivity contribution is 7.89. The van der Waals surface area contributed by atoms with E-state index in [0.29, 0.717) is 31.9 Å². The minimum absolute atomic E-state index is 0.145. The van der Waals surface area contributed by atoms with Gasteiger partial charge in [-0.2, -0.15) is 4.31 Å². The van der Waals surface area contributed by atoms with E-state index in [4.69, 9.17) is 0 Å². The average molecular weight is 451 g/mol. The largest absolute Gasteiger partial charge is 0.322 e. The van der Waals surface area contributed by atoms with Crippen LogP contribution in [-0.4, -0.2) is 56.8 Å². The van der Waals surface area contributed by atoms with Crippen LogP contribution in [0.5, 0.6) is 0 Å². The smallest absolute Gasteiger partial charge is 0.292 e. The molecule has 2 fully saturated rings. The predicted molar refractivity (Wildman–Crippen MR) is 121 cm³/mol. The van der Waals surface area contributed by atoms with Crippen LogP contribution in [0.4, 0.5) is 5.69 Å². The number of rotatable bonds is 4. The molecule has 5 rings (SSSR count). The number of hydrogen-bond acceptors (Lipinski definition) is 4. The van der Waals surface area contributed by atoms with Crippen LogP contribution in [0.3, 0.4) is 0 Å². The van der Waals surface area contributed by atoms with Gasteiger partial charge in [0.25, 0.3) is 5.91 Å². The highest BCUT2D eigenvalue weighted by Crippen LogP contribution is 2.26. The minimum atomic E-state index is -3.55. The van der Waals surface area contributed by atoms with Gasteiger partial charge in [0.2, 0.25) is 15.9 Å². The standard InChI is InChI=1S/C24H23N3O4S/c28-23-17-22(24(29)27(23)20-11-10-18-6-4-5-7-19(18)16-20)25-12-14-26(15-13-25)32(30,31)21-8-2-1-3-9-21/h1-11,16,22H,12-15,17H2/p+1/t22-/m1/s1. The van der Waals surface area contributed by atoms with Crippen molar-refractivity contribution in [3.05, 3.63) is 72.8 Å². The summed E-state index contributed by atoms with van der Waals surface area (Å²) in [5.41, 5.74) is 0.589. The first-order valence-corrected chi connectivity index (χ1v) is 12.1. The van der Waals surface area contributed by atoms with E-state index >= 15 is 0 Å². The van der Waals surface area contributed by atoms with Gasteiger partial charge in [-0.25, -0.2) is 13.3 Å². The number of quaternary nitrogens is 1. The molecule has 2 amide bonds. The van der Waals surface area contributed by atoms with Crippen molar-refractivity contribution >= 4 is 38.3 Å². The van der Waals surface area contributed by atoms with Gasteiger partial charge < -0.3 is 4.90 Å². The molecule has 2 aliphatic rings. The fourth-order valence-electron chi connectivity index (χ4n) is 4.64. The molecular weight excluding hydrogens is 426 g/mol. The van der Waals surface area contributed by atoms with E-state index in [1.54, 1.807) is 36.4 Å². The molecule has 2 heterocycles. The molecule has 0 unspecified atom stereocenters. The first-order chi connectivity index (χ1) is 15.4. The van der Waals surface area contributed by atoms with Gasteiger partial charge in [-0.1, -0.05) is 48.5 Å². The summed E-state index contributed by atoms with van der Waals surface area (Å²) in [7, 11) is -3.55. The number of nitrogens with one attached hydrogen (secondary N) is 1. The molecular formula is C24H24N3O4S+. The molecule has 1 atom stereocenters. The molecule has 0 spiro atoms. The number of piperazine rings is 1. The molecule has 0 radical (unpaired) electrons. The van der Waals surface area contributed by atoms with E-state index in [1.807, 2.05) is 36.4 Å². The molecule has 0 aliphatic carbocycles. The maximum absolute atomic E-state index is 13.2. The normalized spacial score (nSPS) is 20.9. The van der Waals surface area contributed by atoms with Gasteiger partial charge in [0.15, 0.2) is 6.04 Å². The van der Waals surface area contributed by atoms with Gasteiger partial charge in [-0.3, -0.25) is 9.59 Å². The Kier molecular flexibility index (Phi) is 5.28. The Balaban J connectivity index is 1.30. The quantitative estimate of drug-likeness (QED) is 0.603. The number of benzene rings is 3. The highest BCUT2D eigenvalue weighted by Gasteiger charge is 2.47. The van der Waals surface area contributed by atoms with Crippen LogP contribution in [-0.2, 0) is 19.6 Å². The maximum atomic E-state index is 13.2. The van der Waals surface area contributed by atoms with Gasteiger partial charge in [-0.05, 0) is 35.0 Å². The number of carbonyl (C=O) groups is 2. The summed E-state index contributed by atoms with van der Waals surface area (Å²) in [6, 6.07) is 21.3. The summed E-state index contributed by atoms with van der Waals surface area (Å²) in [6.07, 6.45) is 0.145. The Morgan fingerprint density at radius 2 is 1.47 bits per heavy atom. The third-order valence-corrected chi connectivity index (χ3v) is 8.29. The molecule has 1 N–H and O–H groups in total. The Morgan fingerprint density at radius 3 is 2.19 bits per heavy atom. The van der Waals surface area contributed by atoms with Crippen LogP contribution in [0.1, 0.15) is 6.42 Å². The lowest BCUT2D eigenvalue weighted by Gasteiger charge is -2.33. The molecule has 164 valence electrons. The summed E-state index contributed by atoms with van der Waals surface area (Å²) in [5.74, 6) is -0.415. The predicted octanol–water partition coefficient (Wildman–Crippen LogP) is 1.06. The minimum Gasteiger partial charge on any atom is -0.322 e. The van der Waals surface area contributed by atoms with Crippen molar-refractivity contribution in [2.45, 2.75) is 17.4 Å². The van der Waals surface area contributed by atoms with Crippen LogP contribution in [0.2, 0.25) is 0 Å². The summed E-state index contributed by atoms with van der Waals surface area (Å²) < 4.78 is 27.2. The Bertz CT molecular complexity index is 1280. The zero-order valence-electron chi connectivity index (χ0n) is 17.5. The molecule has 0 aromatic heterocycles. The van der Waals surface area contributed by atoms with Crippen LogP contribution in [0.25, 0.3) is 10.8 Å². The number of anilines is 1. The molecule has 0 saturated carbocycles. The highest BCUT2D eigenvalue weighted by atomic mass is 32.2. The van der Waals surface area contributed by atoms with Crippen molar-refractivity contribution < 1.29 is 22.9 Å². The topological polar surface area (TPSA) is 79.2 Å². The van der Waals surface area contributed by atoms with Gasteiger partial charge in [0.05, 0.1) is 43.2 Å². The zero-order valence-corrected chi connectivity index (χ0v) is 18.3. The lowest BCUT2D eigenvalue weighted by Crippen LogP contribution is -3.19. The van der Waals surface area contributed by atoms with Crippen LogP contribution < -0.4 is 9.80 Å². The van der Waals surface area contributed by atoms with Crippen molar-refractivity contribution in [2.24, 2.45) is 0 Å². The Morgan fingerprint density at radius 1 is 0.812 bits per heavy atom.